The van der Waals surface area contributed by atoms with Crippen molar-refractivity contribution in [2.45, 2.75) is 21.7 Å². The van der Waals surface area contributed by atoms with Gasteiger partial charge in [0.2, 0.25) is 9.84 Å². The van der Waals surface area contributed by atoms with Crippen molar-refractivity contribution in [3.63, 3.8) is 0 Å². The maximum Gasteiger partial charge on any atom is 0.212 e. The Bertz CT molecular complexity index is 680. The third-order valence-electron chi connectivity index (χ3n) is 2.39. The molecule has 8 heteroatoms. The van der Waals surface area contributed by atoms with Gasteiger partial charge in [-0.25, -0.2) is 8.42 Å². The minimum absolute atomic E-state index is 0.0293. The number of H-pyrrole nitrogens is 1. The van der Waals surface area contributed by atoms with Gasteiger partial charge < -0.3 is 5.73 Å². The highest BCUT2D eigenvalue weighted by atomic mass is 35.5. The summed E-state index contributed by atoms with van der Waals surface area (Å²) < 4.78 is 25.1. The number of benzene rings is 1. The molecule has 2 rings (SSSR count). The quantitative estimate of drug-likeness (QED) is 0.846. The molecule has 1 heterocycles. The number of sulfone groups is 1. The Morgan fingerprint density at radius 1 is 1.37 bits per heavy atom. The molecule has 3 N–H and O–H groups in total. The number of halogens is 1. The zero-order valence-corrected chi connectivity index (χ0v) is 12.4. The van der Waals surface area contributed by atoms with Crippen LogP contribution in [0.5, 0.6) is 0 Å². The van der Waals surface area contributed by atoms with Crippen LogP contribution in [0.4, 0.5) is 5.82 Å². The Labute approximate surface area is 120 Å². The number of aromatic amines is 1. The lowest BCUT2D eigenvalue weighted by Gasteiger charge is -2.05. The van der Waals surface area contributed by atoms with E-state index in [0.29, 0.717) is 15.8 Å². The van der Waals surface area contributed by atoms with Crippen molar-refractivity contribution in [2.75, 3.05) is 11.5 Å². The number of thioether (sulfide) groups is 1. The fourth-order valence-corrected chi connectivity index (χ4v) is 4.15. The van der Waals surface area contributed by atoms with E-state index in [0.717, 1.165) is 0 Å². The van der Waals surface area contributed by atoms with Crippen LogP contribution in [-0.2, 0) is 9.84 Å². The molecule has 0 spiro atoms. The van der Waals surface area contributed by atoms with E-state index < -0.39 is 9.84 Å². The van der Waals surface area contributed by atoms with Crippen LogP contribution in [0, 0.1) is 0 Å². The molecule has 0 aliphatic heterocycles. The highest BCUT2D eigenvalue weighted by Crippen LogP contribution is 2.33. The van der Waals surface area contributed by atoms with Crippen molar-refractivity contribution in [1.82, 2.24) is 10.2 Å². The maximum absolute atomic E-state index is 12.5. The molecular formula is C11H12ClN3O2S2. The molecule has 19 heavy (non-hydrogen) atoms. The van der Waals surface area contributed by atoms with Gasteiger partial charge in [-0.05, 0) is 30.0 Å². The van der Waals surface area contributed by atoms with Gasteiger partial charge in [0, 0.05) is 5.02 Å². The van der Waals surface area contributed by atoms with E-state index in [1.165, 1.54) is 36.0 Å². The fraction of sp³-hybridized carbons (Fsp3) is 0.182. The van der Waals surface area contributed by atoms with Gasteiger partial charge in [-0.3, -0.25) is 5.10 Å². The molecule has 2 aromatic rings. The second kappa shape index (κ2) is 5.44. The van der Waals surface area contributed by atoms with Gasteiger partial charge in [0.05, 0.1) is 4.90 Å². The first-order chi connectivity index (χ1) is 8.96. The highest BCUT2D eigenvalue weighted by Gasteiger charge is 2.27. The number of nitrogens with one attached hydrogen (secondary N) is 1. The van der Waals surface area contributed by atoms with Gasteiger partial charge in [-0.2, -0.15) is 5.10 Å². The third-order valence-corrected chi connectivity index (χ3v) is 5.47. The Morgan fingerprint density at radius 2 is 2.00 bits per heavy atom. The summed E-state index contributed by atoms with van der Waals surface area (Å²) in [6.45, 7) is 1.91. The molecule has 0 aliphatic carbocycles. The predicted octanol–water partition coefficient (Wildman–Crippen LogP) is 2.59. The first-order valence-electron chi connectivity index (χ1n) is 5.44. The lowest BCUT2D eigenvalue weighted by molar-refractivity contribution is 0.594. The largest absolute Gasteiger partial charge is 0.383 e. The van der Waals surface area contributed by atoms with Crippen molar-refractivity contribution >= 4 is 39.0 Å². The Kier molecular flexibility index (Phi) is 4.07. The second-order valence-electron chi connectivity index (χ2n) is 3.66. The highest BCUT2D eigenvalue weighted by molar-refractivity contribution is 8.00. The normalized spacial score (nSPS) is 11.7. The SMILES string of the molecule is CCSc1n[nH]c(N)c1S(=O)(=O)c1ccc(Cl)cc1. The molecule has 1 aromatic heterocycles. The molecule has 5 nitrogen and oxygen atoms in total. The van der Waals surface area contributed by atoms with Crippen LogP contribution in [0.1, 0.15) is 6.92 Å². The van der Waals surface area contributed by atoms with Crippen molar-refractivity contribution < 1.29 is 8.42 Å². The Morgan fingerprint density at radius 3 is 2.58 bits per heavy atom. The number of aromatic nitrogens is 2. The van der Waals surface area contributed by atoms with E-state index in [9.17, 15) is 8.42 Å². The third kappa shape index (κ3) is 2.72. The summed E-state index contributed by atoms with van der Waals surface area (Å²) in [5.74, 6) is 0.749. The van der Waals surface area contributed by atoms with Crippen molar-refractivity contribution in [3.8, 4) is 0 Å². The monoisotopic (exact) mass is 317 g/mol. The van der Waals surface area contributed by atoms with Gasteiger partial charge in [0.1, 0.15) is 15.7 Å². The predicted molar refractivity (Wildman–Crippen MR) is 76.3 cm³/mol. The summed E-state index contributed by atoms with van der Waals surface area (Å²) in [4.78, 5) is 0.171. The topological polar surface area (TPSA) is 88.8 Å². The first-order valence-corrected chi connectivity index (χ1v) is 8.28. The number of nitrogens with two attached hydrogens (primary N) is 1. The van der Waals surface area contributed by atoms with E-state index in [-0.39, 0.29) is 15.6 Å². The van der Waals surface area contributed by atoms with Crippen LogP contribution in [-0.4, -0.2) is 24.4 Å². The van der Waals surface area contributed by atoms with Crippen LogP contribution in [0.15, 0.2) is 39.1 Å². The van der Waals surface area contributed by atoms with Crippen molar-refractivity contribution in [3.05, 3.63) is 29.3 Å². The summed E-state index contributed by atoms with van der Waals surface area (Å²) >= 11 is 7.08. The first kappa shape index (κ1) is 14.2. The van der Waals surface area contributed by atoms with Gasteiger partial charge in [-0.15, -0.1) is 11.8 Å². The molecule has 0 atom stereocenters. The van der Waals surface area contributed by atoms with E-state index >= 15 is 0 Å². The average Bonchev–Trinajstić information content (AvgIpc) is 2.72. The van der Waals surface area contributed by atoms with Crippen LogP contribution in [0.3, 0.4) is 0 Å². The van der Waals surface area contributed by atoms with Crippen LogP contribution < -0.4 is 5.73 Å². The molecular weight excluding hydrogens is 306 g/mol. The summed E-state index contributed by atoms with van der Waals surface area (Å²) in [5, 5.41) is 7.29. The van der Waals surface area contributed by atoms with Gasteiger partial charge in [0.25, 0.3) is 0 Å². The summed E-state index contributed by atoms with van der Waals surface area (Å²) in [7, 11) is -3.69. The lowest BCUT2D eigenvalue weighted by Crippen LogP contribution is -2.05. The molecule has 0 radical (unpaired) electrons. The number of anilines is 1. The zero-order chi connectivity index (χ0) is 14.0. The minimum Gasteiger partial charge on any atom is -0.383 e. The summed E-state index contributed by atoms with van der Waals surface area (Å²) in [5.41, 5.74) is 5.69. The fourth-order valence-electron chi connectivity index (χ4n) is 1.55. The van der Waals surface area contributed by atoms with Gasteiger partial charge in [0.15, 0.2) is 0 Å². The van der Waals surface area contributed by atoms with Crippen LogP contribution in [0.25, 0.3) is 0 Å². The Balaban J connectivity index is 2.56. The number of nitrogens with zero attached hydrogens (tertiary/aromatic N) is 1. The molecule has 0 unspecified atom stereocenters. The summed E-state index contributed by atoms with van der Waals surface area (Å²) in [6, 6.07) is 5.95. The van der Waals surface area contributed by atoms with Gasteiger partial charge >= 0.3 is 0 Å². The molecule has 0 amide bonds. The number of nitrogen functional groups attached to an aromatic ring is 1. The van der Waals surface area contributed by atoms with Crippen molar-refractivity contribution in [1.29, 1.82) is 0 Å². The molecule has 0 fully saturated rings. The van der Waals surface area contributed by atoms with E-state index in [1.54, 1.807) is 0 Å². The maximum atomic E-state index is 12.5. The standard InChI is InChI=1S/C11H12ClN3O2S2/c1-2-18-11-9(10(13)14-15-11)19(16,17)8-5-3-7(12)4-6-8/h3-6H,2H2,1H3,(H3,13,14,15). The van der Waals surface area contributed by atoms with E-state index in [4.69, 9.17) is 17.3 Å². The van der Waals surface area contributed by atoms with Crippen LogP contribution >= 0.6 is 23.4 Å². The van der Waals surface area contributed by atoms with Gasteiger partial charge in [-0.1, -0.05) is 18.5 Å². The van der Waals surface area contributed by atoms with E-state index in [1.807, 2.05) is 6.92 Å². The van der Waals surface area contributed by atoms with E-state index in [2.05, 4.69) is 10.2 Å². The molecule has 1 aromatic carbocycles. The molecule has 0 saturated heterocycles. The molecule has 0 saturated carbocycles. The lowest BCUT2D eigenvalue weighted by atomic mass is 10.4. The molecule has 0 bridgehead atoms. The minimum atomic E-state index is -3.69. The molecule has 0 aliphatic rings. The summed E-state index contributed by atoms with van der Waals surface area (Å²) in [6.07, 6.45) is 0. The number of hydrogen-bond acceptors (Lipinski definition) is 5. The number of hydrogen-bond donors (Lipinski definition) is 2. The molecule has 102 valence electrons. The van der Waals surface area contributed by atoms with Crippen molar-refractivity contribution in [2.24, 2.45) is 0 Å². The zero-order valence-electron chi connectivity index (χ0n) is 10.1. The smallest absolute Gasteiger partial charge is 0.212 e. The van der Waals surface area contributed by atoms with Crippen LogP contribution in [0.2, 0.25) is 5.02 Å². The Hall–Kier alpha value is -1.18. The second-order valence-corrected chi connectivity index (χ2v) is 7.24. The number of rotatable bonds is 4. The average molecular weight is 318 g/mol.